The summed E-state index contributed by atoms with van der Waals surface area (Å²) < 4.78 is 16.9. The van der Waals surface area contributed by atoms with Crippen LogP contribution >= 0.6 is 0 Å². The zero-order valence-electron chi connectivity index (χ0n) is 31.1. The minimum atomic E-state index is -2.08. The van der Waals surface area contributed by atoms with Crippen LogP contribution < -0.4 is 0 Å². The Hall–Kier alpha value is -2.36. The van der Waals surface area contributed by atoms with E-state index in [9.17, 15) is 49.8 Å². The number of carbonyl (C=O) groups excluding carboxylic acids is 4. The van der Waals surface area contributed by atoms with Gasteiger partial charge in [0.25, 0.3) is 0 Å². The Labute approximate surface area is 299 Å². The molecule has 6 N–H and O–H groups in total. The molecule has 0 bridgehead atoms. The van der Waals surface area contributed by atoms with Crippen LogP contribution in [0.5, 0.6) is 0 Å². The van der Waals surface area contributed by atoms with Gasteiger partial charge in [0.15, 0.2) is 17.9 Å². The summed E-state index contributed by atoms with van der Waals surface area (Å²) >= 11 is 0. The second-order valence-corrected chi connectivity index (χ2v) is 17.6. The molecule has 0 amide bonds. The van der Waals surface area contributed by atoms with Crippen molar-refractivity contribution < 1.29 is 64.0 Å². The van der Waals surface area contributed by atoms with Gasteiger partial charge in [-0.1, -0.05) is 32.4 Å². The molecule has 5 rings (SSSR count). The lowest BCUT2D eigenvalue weighted by molar-refractivity contribution is -0.311. The predicted molar refractivity (Wildman–Crippen MR) is 180 cm³/mol. The molecule has 0 spiro atoms. The van der Waals surface area contributed by atoms with Gasteiger partial charge in [0.05, 0.1) is 12.7 Å². The summed E-state index contributed by atoms with van der Waals surface area (Å²) in [5.41, 5.74) is -6.34. The molecule has 1 saturated heterocycles. The smallest absolute Gasteiger partial charge is 0.303 e. The normalized spacial score (nSPS) is 45.0. The topological polar surface area (TPSA) is 217 Å². The van der Waals surface area contributed by atoms with Crippen molar-refractivity contribution in [2.75, 3.05) is 6.61 Å². The van der Waals surface area contributed by atoms with Crippen LogP contribution in [0.3, 0.4) is 0 Å². The Balaban J connectivity index is 1.48. The average molecular weight is 721 g/mol. The fourth-order valence-electron chi connectivity index (χ4n) is 10.8. The zero-order chi connectivity index (χ0) is 38.4. The van der Waals surface area contributed by atoms with E-state index in [1.807, 2.05) is 26.8 Å². The number of allylic oxidation sites excluding steroid dienone is 2. The van der Waals surface area contributed by atoms with Gasteiger partial charge in [-0.2, -0.15) is 0 Å². The third-order valence-corrected chi connectivity index (χ3v) is 13.7. The molecular weight excluding hydrogens is 664 g/mol. The fraction of sp³-hybridized carbons (Fsp3) is 0.789. The Morgan fingerprint density at radius 1 is 1.00 bits per heavy atom. The van der Waals surface area contributed by atoms with Gasteiger partial charge < -0.3 is 44.8 Å². The van der Waals surface area contributed by atoms with Gasteiger partial charge in [-0.05, 0) is 88.7 Å². The molecule has 4 aliphatic carbocycles. The van der Waals surface area contributed by atoms with E-state index in [1.165, 1.54) is 19.9 Å². The number of rotatable bonds is 8. The van der Waals surface area contributed by atoms with E-state index >= 15 is 0 Å². The first-order valence-corrected chi connectivity index (χ1v) is 17.9. The van der Waals surface area contributed by atoms with Crippen LogP contribution in [0.15, 0.2) is 23.8 Å². The SMILES string of the molecule is CC(=O)OC(C)(C)C=CC(=O)[C@](C)(O)[C@H]1[C@H](O)C[C@@]2(C)[C@@H]3CC=C4[C@@H](C[C@H](OC5OC(CO)C(O)C(O)C5O)C(=O)C4(C)C)[C@]3(C)C(=O)C[C@]12C. The van der Waals surface area contributed by atoms with Gasteiger partial charge in [0, 0.05) is 30.1 Å². The molecule has 3 saturated carbocycles. The molecule has 51 heavy (non-hydrogen) atoms. The second kappa shape index (κ2) is 12.9. The molecule has 4 fully saturated rings. The van der Waals surface area contributed by atoms with E-state index < -0.39 is 106 Å². The van der Waals surface area contributed by atoms with Gasteiger partial charge in [0.1, 0.15) is 47.5 Å². The van der Waals surface area contributed by atoms with Gasteiger partial charge in [0.2, 0.25) is 0 Å². The maximum atomic E-state index is 14.8. The highest BCUT2D eigenvalue weighted by atomic mass is 16.7. The summed E-state index contributed by atoms with van der Waals surface area (Å²) in [6.45, 7) is 14.4. The molecule has 5 unspecified atom stereocenters. The number of ketones is 3. The van der Waals surface area contributed by atoms with Crippen LogP contribution in [0.25, 0.3) is 0 Å². The first kappa shape index (κ1) is 39.8. The van der Waals surface area contributed by atoms with Crippen LogP contribution in [-0.2, 0) is 33.4 Å². The summed E-state index contributed by atoms with van der Waals surface area (Å²) in [6, 6.07) is 0. The summed E-state index contributed by atoms with van der Waals surface area (Å²) in [5, 5.41) is 64.7. The van der Waals surface area contributed by atoms with Crippen molar-refractivity contribution in [1.82, 2.24) is 0 Å². The predicted octanol–water partition coefficient (Wildman–Crippen LogP) is 1.32. The highest BCUT2D eigenvalue weighted by molar-refractivity contribution is 5.98. The number of Topliss-reactive ketones (excluding diaryl/α,β-unsaturated/α-hetero) is 2. The largest absolute Gasteiger partial charge is 0.456 e. The number of esters is 1. The molecule has 14 atom stereocenters. The van der Waals surface area contributed by atoms with Crippen molar-refractivity contribution in [3.63, 3.8) is 0 Å². The molecule has 1 aliphatic heterocycles. The number of fused-ring (bicyclic) bond motifs is 5. The van der Waals surface area contributed by atoms with Gasteiger partial charge in [-0.25, -0.2) is 0 Å². The fourth-order valence-corrected chi connectivity index (χ4v) is 10.8. The highest BCUT2D eigenvalue weighted by Crippen LogP contribution is 2.74. The van der Waals surface area contributed by atoms with Gasteiger partial charge in [-0.15, -0.1) is 0 Å². The van der Waals surface area contributed by atoms with Crippen molar-refractivity contribution in [2.24, 2.45) is 39.4 Å². The summed E-state index contributed by atoms with van der Waals surface area (Å²) in [7, 11) is 0. The first-order valence-electron chi connectivity index (χ1n) is 17.9. The maximum absolute atomic E-state index is 14.8. The number of hydrogen-bond acceptors (Lipinski definition) is 13. The number of ether oxygens (including phenoxy) is 3. The van der Waals surface area contributed by atoms with E-state index in [4.69, 9.17) is 14.2 Å². The molecule has 0 aromatic carbocycles. The Bertz CT molecular complexity index is 1510. The molecule has 0 aromatic heterocycles. The molecule has 13 nitrogen and oxygen atoms in total. The third kappa shape index (κ3) is 6.00. The summed E-state index contributed by atoms with van der Waals surface area (Å²) in [5.74, 6) is -3.56. The second-order valence-electron chi connectivity index (χ2n) is 17.6. The van der Waals surface area contributed by atoms with E-state index in [1.54, 1.807) is 27.7 Å². The minimum Gasteiger partial charge on any atom is -0.456 e. The molecule has 13 heteroatoms. The van der Waals surface area contributed by atoms with E-state index in [-0.39, 0.29) is 36.7 Å². The first-order chi connectivity index (χ1) is 23.3. The quantitative estimate of drug-likeness (QED) is 0.119. The Morgan fingerprint density at radius 3 is 2.22 bits per heavy atom. The zero-order valence-corrected chi connectivity index (χ0v) is 31.1. The average Bonchev–Trinajstić information content (AvgIpc) is 3.22. The van der Waals surface area contributed by atoms with Crippen molar-refractivity contribution in [3.05, 3.63) is 23.8 Å². The number of carbonyl (C=O) groups is 4. The molecule has 5 aliphatic rings. The van der Waals surface area contributed by atoms with E-state index in [2.05, 4.69) is 0 Å². The van der Waals surface area contributed by atoms with Crippen molar-refractivity contribution in [3.8, 4) is 0 Å². The molecule has 286 valence electrons. The van der Waals surface area contributed by atoms with Crippen molar-refractivity contribution in [2.45, 2.75) is 142 Å². The van der Waals surface area contributed by atoms with E-state index in [0.29, 0.717) is 6.42 Å². The maximum Gasteiger partial charge on any atom is 0.303 e. The summed E-state index contributed by atoms with van der Waals surface area (Å²) in [6.07, 6.45) is -4.90. The molecule has 0 aromatic rings. The minimum absolute atomic E-state index is 0.0549. The van der Waals surface area contributed by atoms with Crippen LogP contribution in [0, 0.1) is 39.4 Å². The lowest BCUT2D eigenvalue weighted by atomic mass is 9.38. The van der Waals surface area contributed by atoms with E-state index in [0.717, 1.165) is 11.6 Å². The van der Waals surface area contributed by atoms with Crippen LogP contribution in [0.1, 0.15) is 88.0 Å². The molecule has 0 radical (unpaired) electrons. The van der Waals surface area contributed by atoms with Crippen LogP contribution in [0.2, 0.25) is 0 Å². The third-order valence-electron chi connectivity index (χ3n) is 13.7. The van der Waals surface area contributed by atoms with Crippen LogP contribution in [-0.4, -0.2) is 115 Å². The highest BCUT2D eigenvalue weighted by Gasteiger charge is 2.74. The Morgan fingerprint density at radius 2 is 1.63 bits per heavy atom. The van der Waals surface area contributed by atoms with Gasteiger partial charge >= 0.3 is 5.97 Å². The van der Waals surface area contributed by atoms with Gasteiger partial charge in [-0.3, -0.25) is 19.2 Å². The van der Waals surface area contributed by atoms with Crippen molar-refractivity contribution >= 4 is 23.3 Å². The monoisotopic (exact) mass is 720 g/mol. The van der Waals surface area contributed by atoms with Crippen molar-refractivity contribution in [1.29, 1.82) is 0 Å². The number of aliphatic hydroxyl groups is 6. The number of hydrogen-bond donors (Lipinski definition) is 6. The Kier molecular flexibility index (Phi) is 10.1. The molecular formula is C38H56O13. The van der Waals surface area contributed by atoms with Crippen LogP contribution in [0.4, 0.5) is 0 Å². The number of aliphatic hydroxyl groups excluding tert-OH is 5. The lowest BCUT2D eigenvalue weighted by Gasteiger charge is -2.64. The lowest BCUT2D eigenvalue weighted by Crippen LogP contribution is -2.66. The summed E-state index contributed by atoms with van der Waals surface area (Å²) in [4.78, 5) is 54.0. The molecule has 1 heterocycles. The standard InChI is InChI=1S/C38H56O13/c1-18(40)51-33(2,3)13-12-25(42)38(9,48)30-21(41)15-35(6)24-11-10-19-20(37(24,8)26(43)16-36(30,35)7)14-22(31(47)34(19,4)5)49-32-29(46)28(45)27(44)23(17-39)50-32/h10,12-13,20-24,27-30,32,39,41,44-46,48H,11,14-17H2,1-9H3/t20-,21-,22+,23?,24+,27?,28?,29?,30+,32?,35+,36-,37+,38+/m1/s1.